The van der Waals surface area contributed by atoms with Crippen LogP contribution in [0.5, 0.6) is 0 Å². The van der Waals surface area contributed by atoms with Crippen molar-refractivity contribution < 1.29 is 9.53 Å². The topological polar surface area (TPSA) is 64.4 Å². The first-order chi connectivity index (χ1) is 9.63. The Morgan fingerprint density at radius 2 is 1.95 bits per heavy atom. The lowest BCUT2D eigenvalue weighted by Gasteiger charge is -2.34. The first kappa shape index (κ1) is 17.7. The number of nitrogens with one attached hydrogen (secondary N) is 1. The molecule has 1 saturated heterocycles. The quantitative estimate of drug-likeness (QED) is 0.503. The highest BCUT2D eigenvalue weighted by molar-refractivity contribution is 7.98. The fourth-order valence-electron chi connectivity index (χ4n) is 2.40. The predicted octanol–water partition coefficient (Wildman–Crippen LogP) is 2.11. The van der Waals surface area contributed by atoms with Gasteiger partial charge in [0, 0.05) is 19.8 Å². The van der Waals surface area contributed by atoms with Gasteiger partial charge in [0.15, 0.2) is 0 Å². The number of carbonyl (C=O) groups is 1. The number of thioether (sulfide) groups is 1. The van der Waals surface area contributed by atoms with Crippen molar-refractivity contribution in [3.8, 4) is 0 Å². The van der Waals surface area contributed by atoms with E-state index in [0.29, 0.717) is 37.6 Å². The first-order valence-electron chi connectivity index (χ1n) is 7.28. The summed E-state index contributed by atoms with van der Waals surface area (Å²) >= 11 is 6.99. The van der Waals surface area contributed by atoms with Crippen molar-refractivity contribution in [1.29, 1.82) is 0 Å². The van der Waals surface area contributed by atoms with Crippen molar-refractivity contribution in [3.63, 3.8) is 0 Å². The zero-order valence-electron chi connectivity index (χ0n) is 12.3. The number of amides is 1. The van der Waals surface area contributed by atoms with Crippen LogP contribution in [0, 0.1) is 5.41 Å². The average molecular weight is 319 g/mol. The minimum Gasteiger partial charge on any atom is -0.392 e. The van der Waals surface area contributed by atoms with E-state index in [4.69, 9.17) is 22.7 Å². The molecule has 116 valence electrons. The highest BCUT2D eigenvalue weighted by Gasteiger charge is 2.42. The van der Waals surface area contributed by atoms with Crippen molar-refractivity contribution in [2.24, 2.45) is 11.1 Å². The third kappa shape index (κ3) is 5.22. The van der Waals surface area contributed by atoms with Crippen molar-refractivity contribution >= 4 is 34.9 Å². The maximum Gasteiger partial charge on any atom is 0.233 e. The van der Waals surface area contributed by atoms with E-state index >= 15 is 0 Å². The molecule has 0 spiro atoms. The third-order valence-electron chi connectivity index (χ3n) is 3.81. The van der Waals surface area contributed by atoms with Crippen LogP contribution in [0.3, 0.4) is 0 Å². The number of rotatable bonds is 9. The average Bonchev–Trinajstić information content (AvgIpc) is 2.46. The van der Waals surface area contributed by atoms with E-state index < -0.39 is 5.41 Å². The summed E-state index contributed by atoms with van der Waals surface area (Å²) in [6, 6.07) is 0. The molecule has 20 heavy (non-hydrogen) atoms. The molecule has 1 rings (SSSR count). The second-order valence-corrected chi connectivity index (χ2v) is 6.65. The number of carbonyl (C=O) groups excluding carboxylic acids is 1. The number of unbranched alkanes of at least 4 members (excludes halogenated alkanes) is 3. The van der Waals surface area contributed by atoms with Crippen LogP contribution in [0.15, 0.2) is 0 Å². The van der Waals surface area contributed by atoms with Gasteiger partial charge in [0.2, 0.25) is 5.91 Å². The summed E-state index contributed by atoms with van der Waals surface area (Å²) in [6.07, 6.45) is 7.98. The monoisotopic (exact) mass is 318 g/mol. The molecule has 3 N–H and O–H groups in total. The molecule has 1 aliphatic heterocycles. The molecule has 0 aromatic rings. The van der Waals surface area contributed by atoms with E-state index in [1.165, 1.54) is 18.6 Å². The summed E-state index contributed by atoms with van der Waals surface area (Å²) in [4.78, 5) is 12.7. The lowest BCUT2D eigenvalue weighted by molar-refractivity contribution is -0.131. The Morgan fingerprint density at radius 1 is 1.30 bits per heavy atom. The predicted molar refractivity (Wildman–Crippen MR) is 89.1 cm³/mol. The molecule has 1 heterocycles. The summed E-state index contributed by atoms with van der Waals surface area (Å²) < 4.78 is 5.31. The molecule has 0 aromatic carbocycles. The van der Waals surface area contributed by atoms with Crippen LogP contribution in [0.4, 0.5) is 0 Å². The second-order valence-electron chi connectivity index (χ2n) is 5.22. The fourth-order valence-corrected chi connectivity index (χ4v) is 3.19. The van der Waals surface area contributed by atoms with Gasteiger partial charge in [-0.15, -0.1) is 0 Å². The summed E-state index contributed by atoms with van der Waals surface area (Å²) in [5.41, 5.74) is 5.11. The molecule has 0 atom stereocenters. The molecule has 0 aromatic heterocycles. The Bertz CT molecular complexity index is 318. The van der Waals surface area contributed by atoms with E-state index in [0.717, 1.165) is 12.8 Å². The molecule has 1 fully saturated rings. The van der Waals surface area contributed by atoms with Crippen LogP contribution in [0.1, 0.15) is 38.5 Å². The Morgan fingerprint density at radius 3 is 2.55 bits per heavy atom. The van der Waals surface area contributed by atoms with Gasteiger partial charge in [0.25, 0.3) is 0 Å². The largest absolute Gasteiger partial charge is 0.392 e. The lowest BCUT2D eigenvalue weighted by Crippen LogP contribution is -2.52. The Labute approximate surface area is 131 Å². The van der Waals surface area contributed by atoms with Gasteiger partial charge < -0.3 is 15.8 Å². The Kier molecular flexibility index (Phi) is 8.49. The maximum absolute atomic E-state index is 12.4. The molecular weight excluding hydrogens is 292 g/mol. The van der Waals surface area contributed by atoms with Crippen LogP contribution in [-0.4, -0.2) is 42.7 Å². The molecule has 0 unspecified atom stereocenters. The first-order valence-corrected chi connectivity index (χ1v) is 9.08. The normalized spacial score (nSPS) is 17.6. The molecule has 0 saturated carbocycles. The van der Waals surface area contributed by atoms with Crippen molar-refractivity contribution in [3.05, 3.63) is 0 Å². The highest BCUT2D eigenvalue weighted by atomic mass is 32.2. The smallest absolute Gasteiger partial charge is 0.233 e. The number of hydrogen-bond donors (Lipinski definition) is 2. The van der Waals surface area contributed by atoms with Crippen LogP contribution < -0.4 is 11.1 Å². The lowest BCUT2D eigenvalue weighted by atomic mass is 9.79. The van der Waals surface area contributed by atoms with Crippen molar-refractivity contribution in [2.75, 3.05) is 31.8 Å². The van der Waals surface area contributed by atoms with E-state index in [2.05, 4.69) is 11.6 Å². The minimum absolute atomic E-state index is 0.0163. The highest BCUT2D eigenvalue weighted by Crippen LogP contribution is 2.31. The van der Waals surface area contributed by atoms with Gasteiger partial charge in [-0.1, -0.05) is 25.1 Å². The third-order valence-corrected chi connectivity index (χ3v) is 4.90. The molecule has 6 heteroatoms. The van der Waals surface area contributed by atoms with Gasteiger partial charge in [-0.2, -0.15) is 11.8 Å². The summed E-state index contributed by atoms with van der Waals surface area (Å²) in [5, 5.41) is 3.00. The number of hydrogen-bond acceptors (Lipinski definition) is 4. The molecule has 4 nitrogen and oxygen atoms in total. The minimum atomic E-state index is -0.688. The van der Waals surface area contributed by atoms with E-state index in [9.17, 15) is 4.79 Å². The van der Waals surface area contributed by atoms with Gasteiger partial charge >= 0.3 is 0 Å². The number of ether oxygens (including phenoxy) is 1. The molecular formula is C14H26N2O2S2. The number of thiocarbonyl (C=S) groups is 1. The summed E-state index contributed by atoms with van der Waals surface area (Å²) in [6.45, 7) is 1.82. The van der Waals surface area contributed by atoms with Crippen LogP contribution in [0.25, 0.3) is 0 Å². The zero-order valence-corrected chi connectivity index (χ0v) is 13.9. The van der Waals surface area contributed by atoms with Gasteiger partial charge in [-0.25, -0.2) is 0 Å². The summed E-state index contributed by atoms with van der Waals surface area (Å²) in [7, 11) is 0. The molecule has 0 aliphatic carbocycles. The SMILES string of the molecule is CSCCCCCCNC(=O)C1(C(N)=S)CCOCC1. The fraction of sp³-hybridized carbons (Fsp3) is 0.857. The van der Waals surface area contributed by atoms with E-state index in [-0.39, 0.29) is 5.91 Å². The number of nitrogens with two attached hydrogens (primary N) is 1. The van der Waals surface area contributed by atoms with E-state index in [1.807, 2.05) is 11.8 Å². The van der Waals surface area contributed by atoms with Crippen molar-refractivity contribution in [1.82, 2.24) is 5.32 Å². The Balaban J connectivity index is 2.27. The Hall–Kier alpha value is -0.330. The van der Waals surface area contributed by atoms with Gasteiger partial charge in [0.05, 0.1) is 4.99 Å². The van der Waals surface area contributed by atoms with Crippen LogP contribution in [-0.2, 0) is 9.53 Å². The second kappa shape index (κ2) is 9.58. The van der Waals surface area contributed by atoms with Gasteiger partial charge in [0.1, 0.15) is 5.41 Å². The molecule has 0 bridgehead atoms. The molecule has 0 radical (unpaired) electrons. The van der Waals surface area contributed by atoms with Gasteiger partial charge in [-0.3, -0.25) is 4.79 Å². The molecule has 1 aliphatic rings. The van der Waals surface area contributed by atoms with Crippen molar-refractivity contribution in [2.45, 2.75) is 38.5 Å². The molecule has 1 amide bonds. The zero-order chi connectivity index (χ0) is 14.8. The van der Waals surface area contributed by atoms with E-state index in [1.54, 1.807) is 0 Å². The van der Waals surface area contributed by atoms with Crippen LogP contribution in [0.2, 0.25) is 0 Å². The summed E-state index contributed by atoms with van der Waals surface area (Å²) in [5.74, 6) is 1.20. The maximum atomic E-state index is 12.4. The standard InChI is InChI=1S/C14H26N2O2S2/c1-20-11-5-3-2-4-8-16-13(17)14(12(15)19)6-9-18-10-7-14/h2-11H2,1H3,(H2,15,19)(H,16,17). The van der Waals surface area contributed by atoms with Gasteiger partial charge in [-0.05, 0) is 37.7 Å². The van der Waals surface area contributed by atoms with Crippen LogP contribution >= 0.6 is 24.0 Å².